The third kappa shape index (κ3) is 4.33. The van der Waals surface area contributed by atoms with Gasteiger partial charge in [-0.15, -0.1) is 0 Å². The van der Waals surface area contributed by atoms with Gasteiger partial charge in [0.25, 0.3) is 0 Å². The average molecular weight is 330 g/mol. The van der Waals surface area contributed by atoms with E-state index in [1.165, 1.54) is 5.57 Å². The summed E-state index contributed by atoms with van der Waals surface area (Å²) in [5.74, 6) is 0.382. The Kier molecular flexibility index (Phi) is 6.21. The van der Waals surface area contributed by atoms with Gasteiger partial charge in [-0.3, -0.25) is 0 Å². The van der Waals surface area contributed by atoms with E-state index >= 15 is 0 Å². The summed E-state index contributed by atoms with van der Waals surface area (Å²) in [7, 11) is 0. The van der Waals surface area contributed by atoms with Gasteiger partial charge in [-0.05, 0) is 24.5 Å². The number of allylic oxidation sites excluding steroid dienone is 2. The molecular formula is C20H26O4. The Balaban J connectivity index is 1.61. The molecule has 3 rings (SSSR count). The summed E-state index contributed by atoms with van der Waals surface area (Å²) in [5.41, 5.74) is 2.07. The van der Waals surface area contributed by atoms with Crippen molar-refractivity contribution in [2.45, 2.75) is 31.7 Å². The molecule has 0 aromatic heterocycles. The first-order valence-electron chi connectivity index (χ1n) is 8.69. The molecule has 0 radical (unpaired) electrons. The fraction of sp³-hybridized carbons (Fsp3) is 0.500. The Labute approximate surface area is 143 Å². The first kappa shape index (κ1) is 17.4. The lowest BCUT2D eigenvalue weighted by molar-refractivity contribution is -0.162. The highest BCUT2D eigenvalue weighted by molar-refractivity contribution is 5.24. The molecule has 1 heterocycles. The normalized spacial score (nSPS) is 28.4. The number of rotatable bonds is 6. The van der Waals surface area contributed by atoms with Gasteiger partial charge < -0.3 is 19.3 Å². The molecule has 0 amide bonds. The van der Waals surface area contributed by atoms with E-state index in [9.17, 15) is 5.11 Å². The van der Waals surface area contributed by atoms with Crippen LogP contribution in [-0.4, -0.2) is 43.7 Å². The van der Waals surface area contributed by atoms with Gasteiger partial charge in [0.05, 0.1) is 19.8 Å². The molecule has 1 fully saturated rings. The molecule has 1 saturated heterocycles. The molecule has 24 heavy (non-hydrogen) atoms. The quantitative estimate of drug-likeness (QED) is 0.871. The zero-order chi connectivity index (χ0) is 16.8. The molecule has 4 nitrogen and oxygen atoms in total. The van der Waals surface area contributed by atoms with Crippen molar-refractivity contribution in [3.63, 3.8) is 0 Å². The van der Waals surface area contributed by atoms with Crippen LogP contribution in [0.2, 0.25) is 0 Å². The second-order valence-corrected chi connectivity index (χ2v) is 6.31. The van der Waals surface area contributed by atoms with Crippen molar-refractivity contribution in [2.75, 3.05) is 26.4 Å². The summed E-state index contributed by atoms with van der Waals surface area (Å²) in [4.78, 5) is 0. The van der Waals surface area contributed by atoms with E-state index in [1.54, 1.807) is 0 Å². The SMILES string of the molecule is CCOCC1C=CC=C(C2COCC(C(O)c3ccccc3)O2)C1. The number of ether oxygens (including phenoxy) is 3. The predicted molar refractivity (Wildman–Crippen MR) is 92.7 cm³/mol. The number of aliphatic hydroxyl groups excluding tert-OH is 1. The molecule has 130 valence electrons. The van der Waals surface area contributed by atoms with E-state index < -0.39 is 6.10 Å². The number of hydrogen-bond acceptors (Lipinski definition) is 4. The van der Waals surface area contributed by atoms with E-state index in [-0.39, 0.29) is 12.2 Å². The van der Waals surface area contributed by atoms with E-state index in [2.05, 4.69) is 18.2 Å². The zero-order valence-electron chi connectivity index (χ0n) is 14.1. The largest absolute Gasteiger partial charge is 0.386 e. The molecule has 1 aromatic carbocycles. The maximum atomic E-state index is 10.6. The van der Waals surface area contributed by atoms with Crippen LogP contribution in [0.3, 0.4) is 0 Å². The first-order valence-corrected chi connectivity index (χ1v) is 8.69. The minimum absolute atomic E-state index is 0.101. The molecule has 4 unspecified atom stereocenters. The highest BCUT2D eigenvalue weighted by Gasteiger charge is 2.32. The van der Waals surface area contributed by atoms with Gasteiger partial charge in [0, 0.05) is 12.5 Å². The Morgan fingerprint density at radius 2 is 2.08 bits per heavy atom. The maximum absolute atomic E-state index is 10.6. The Hall–Kier alpha value is -1.46. The van der Waals surface area contributed by atoms with Crippen LogP contribution >= 0.6 is 0 Å². The van der Waals surface area contributed by atoms with Crippen molar-refractivity contribution in [2.24, 2.45) is 5.92 Å². The lowest BCUT2D eigenvalue weighted by Crippen LogP contribution is -2.41. The van der Waals surface area contributed by atoms with Crippen LogP contribution in [-0.2, 0) is 14.2 Å². The highest BCUT2D eigenvalue weighted by atomic mass is 16.6. The molecular weight excluding hydrogens is 304 g/mol. The van der Waals surface area contributed by atoms with Crippen LogP contribution in [0, 0.1) is 5.92 Å². The van der Waals surface area contributed by atoms with Crippen LogP contribution in [0.25, 0.3) is 0 Å². The van der Waals surface area contributed by atoms with Crippen molar-refractivity contribution < 1.29 is 19.3 Å². The fourth-order valence-corrected chi connectivity index (χ4v) is 3.20. The molecule has 4 heteroatoms. The van der Waals surface area contributed by atoms with Crippen molar-refractivity contribution in [1.29, 1.82) is 0 Å². The molecule has 4 atom stereocenters. The third-order valence-corrected chi connectivity index (χ3v) is 4.52. The third-order valence-electron chi connectivity index (χ3n) is 4.52. The van der Waals surface area contributed by atoms with Crippen molar-refractivity contribution >= 4 is 0 Å². The van der Waals surface area contributed by atoms with Gasteiger partial charge in [-0.25, -0.2) is 0 Å². The zero-order valence-corrected chi connectivity index (χ0v) is 14.1. The van der Waals surface area contributed by atoms with Gasteiger partial charge in [0.15, 0.2) is 0 Å². The summed E-state index contributed by atoms with van der Waals surface area (Å²) in [6, 6.07) is 9.62. The summed E-state index contributed by atoms with van der Waals surface area (Å²) < 4.78 is 17.4. The van der Waals surface area contributed by atoms with Crippen LogP contribution in [0.4, 0.5) is 0 Å². The molecule has 0 spiro atoms. The molecule has 2 aliphatic rings. The first-order chi connectivity index (χ1) is 11.8. The monoisotopic (exact) mass is 330 g/mol. The van der Waals surface area contributed by atoms with Gasteiger partial charge in [0.2, 0.25) is 0 Å². The fourth-order valence-electron chi connectivity index (χ4n) is 3.20. The van der Waals surface area contributed by atoms with Crippen LogP contribution < -0.4 is 0 Å². The molecule has 0 bridgehead atoms. The van der Waals surface area contributed by atoms with E-state index in [1.807, 2.05) is 37.3 Å². The summed E-state index contributed by atoms with van der Waals surface area (Å²) >= 11 is 0. The minimum atomic E-state index is -0.673. The van der Waals surface area contributed by atoms with Crippen LogP contribution in [0.15, 0.2) is 54.1 Å². The van der Waals surface area contributed by atoms with E-state index in [0.29, 0.717) is 19.1 Å². The summed E-state index contributed by atoms with van der Waals surface area (Å²) in [6.07, 6.45) is 6.15. The van der Waals surface area contributed by atoms with E-state index in [4.69, 9.17) is 14.2 Å². The number of benzene rings is 1. The highest BCUT2D eigenvalue weighted by Crippen LogP contribution is 2.29. The van der Waals surface area contributed by atoms with Gasteiger partial charge in [0.1, 0.15) is 18.3 Å². The lowest BCUT2D eigenvalue weighted by Gasteiger charge is -2.35. The van der Waals surface area contributed by atoms with Crippen LogP contribution in [0.5, 0.6) is 0 Å². The molecule has 1 N–H and O–H groups in total. The summed E-state index contributed by atoms with van der Waals surface area (Å²) in [5, 5.41) is 10.6. The minimum Gasteiger partial charge on any atom is -0.386 e. The molecule has 1 aliphatic heterocycles. The second-order valence-electron chi connectivity index (χ2n) is 6.31. The van der Waals surface area contributed by atoms with Crippen molar-refractivity contribution in [1.82, 2.24) is 0 Å². The Bertz CT molecular complexity index is 566. The Morgan fingerprint density at radius 3 is 2.88 bits per heavy atom. The second kappa shape index (κ2) is 8.58. The van der Waals surface area contributed by atoms with Gasteiger partial charge in [-0.2, -0.15) is 0 Å². The smallest absolute Gasteiger partial charge is 0.112 e. The van der Waals surface area contributed by atoms with Crippen molar-refractivity contribution in [3.05, 3.63) is 59.7 Å². The van der Waals surface area contributed by atoms with Gasteiger partial charge in [-0.1, -0.05) is 48.6 Å². The predicted octanol–water partition coefficient (Wildman–Crippen LogP) is 3.04. The molecule has 0 saturated carbocycles. The number of aliphatic hydroxyl groups is 1. The number of hydrogen-bond donors (Lipinski definition) is 1. The topological polar surface area (TPSA) is 47.9 Å². The Morgan fingerprint density at radius 1 is 1.25 bits per heavy atom. The lowest BCUT2D eigenvalue weighted by atomic mass is 9.91. The van der Waals surface area contributed by atoms with Crippen LogP contribution in [0.1, 0.15) is 25.0 Å². The summed E-state index contributed by atoms with van der Waals surface area (Å²) in [6.45, 7) is 4.43. The maximum Gasteiger partial charge on any atom is 0.112 e. The van der Waals surface area contributed by atoms with Gasteiger partial charge >= 0.3 is 0 Å². The average Bonchev–Trinajstić information content (AvgIpc) is 2.67. The molecule has 1 aliphatic carbocycles. The van der Waals surface area contributed by atoms with Crippen molar-refractivity contribution in [3.8, 4) is 0 Å². The molecule has 1 aromatic rings. The standard InChI is InChI=1S/C20H26O4/c1-2-22-12-15-7-6-10-17(11-15)18-13-23-14-19(24-18)20(21)16-8-4-3-5-9-16/h3-10,15,18-21H,2,11-14H2,1H3. The van der Waals surface area contributed by atoms with E-state index in [0.717, 1.165) is 25.2 Å².